The van der Waals surface area contributed by atoms with Crippen LogP contribution in [-0.2, 0) is 0 Å². The predicted molar refractivity (Wildman–Crippen MR) is 84.8 cm³/mol. The molecule has 0 bridgehead atoms. The van der Waals surface area contributed by atoms with Crippen molar-refractivity contribution >= 4 is 12.4 Å². The average molecular weight is 294 g/mol. The molecule has 2 N–H and O–H groups in total. The first-order chi connectivity index (χ1) is 9.35. The zero-order valence-electron chi connectivity index (χ0n) is 11.5. The Bertz CT molecular complexity index is 514. The fraction of sp³-hybridized carbons (Fsp3) is 0.250. The molecule has 108 valence electrons. The number of benzene rings is 2. The maximum Gasteiger partial charge on any atom is 0.127 e. The molecule has 0 unspecified atom stereocenters. The fourth-order valence-corrected chi connectivity index (χ4v) is 1.87. The molecule has 0 aromatic heterocycles. The summed E-state index contributed by atoms with van der Waals surface area (Å²) in [7, 11) is 1.67. The third kappa shape index (κ3) is 4.15. The summed E-state index contributed by atoms with van der Waals surface area (Å²) in [5.74, 6) is 1.74. The molecule has 2 aromatic rings. The summed E-state index contributed by atoms with van der Waals surface area (Å²) in [6.07, 6.45) is 0.858. The first-order valence-electron chi connectivity index (χ1n) is 6.41. The standard InChI is InChI=1S/C16H19NO2.ClH/c1-18-14-9-7-13(8-10-14)15-5-2-3-6-16(15)19-12-4-11-17;/h2-3,5-10H,4,11-12,17H2,1H3;1H. The monoisotopic (exact) mass is 293 g/mol. The van der Waals surface area contributed by atoms with E-state index in [1.807, 2.05) is 42.5 Å². The predicted octanol–water partition coefficient (Wildman–Crippen LogP) is 3.51. The van der Waals surface area contributed by atoms with Gasteiger partial charge >= 0.3 is 0 Å². The Kier molecular flexibility index (Phi) is 6.91. The highest BCUT2D eigenvalue weighted by Crippen LogP contribution is 2.30. The van der Waals surface area contributed by atoms with Gasteiger partial charge in [-0.3, -0.25) is 0 Å². The number of hydrogen-bond donors (Lipinski definition) is 1. The van der Waals surface area contributed by atoms with E-state index < -0.39 is 0 Å². The minimum atomic E-state index is 0. The Hall–Kier alpha value is -1.71. The van der Waals surface area contributed by atoms with Gasteiger partial charge in [-0.15, -0.1) is 12.4 Å². The Balaban J connectivity index is 0.00000200. The average Bonchev–Trinajstić information content (AvgIpc) is 2.48. The summed E-state index contributed by atoms with van der Waals surface area (Å²) >= 11 is 0. The molecule has 3 nitrogen and oxygen atoms in total. The van der Waals surface area contributed by atoms with E-state index in [1.54, 1.807) is 7.11 Å². The largest absolute Gasteiger partial charge is 0.497 e. The minimum absolute atomic E-state index is 0. The van der Waals surface area contributed by atoms with E-state index in [9.17, 15) is 0 Å². The topological polar surface area (TPSA) is 44.5 Å². The van der Waals surface area contributed by atoms with Gasteiger partial charge in [-0.1, -0.05) is 30.3 Å². The van der Waals surface area contributed by atoms with E-state index in [4.69, 9.17) is 15.2 Å². The lowest BCUT2D eigenvalue weighted by molar-refractivity contribution is 0.314. The van der Waals surface area contributed by atoms with Crippen LogP contribution in [0.3, 0.4) is 0 Å². The number of hydrogen-bond acceptors (Lipinski definition) is 3. The van der Waals surface area contributed by atoms with Crippen LogP contribution in [0, 0.1) is 0 Å². The molecule has 0 saturated heterocycles. The van der Waals surface area contributed by atoms with Gasteiger partial charge in [-0.25, -0.2) is 0 Å². The number of nitrogens with two attached hydrogens (primary N) is 1. The number of halogens is 1. The molecule has 0 amide bonds. The van der Waals surface area contributed by atoms with Gasteiger partial charge in [-0.2, -0.15) is 0 Å². The Morgan fingerprint density at radius 2 is 1.70 bits per heavy atom. The lowest BCUT2D eigenvalue weighted by Gasteiger charge is -2.11. The van der Waals surface area contributed by atoms with Crippen molar-refractivity contribution in [3.05, 3.63) is 48.5 Å². The molecule has 2 rings (SSSR count). The van der Waals surface area contributed by atoms with Crippen LogP contribution in [0.1, 0.15) is 6.42 Å². The summed E-state index contributed by atoms with van der Waals surface area (Å²) < 4.78 is 10.9. The molecular weight excluding hydrogens is 274 g/mol. The number of rotatable bonds is 6. The number of ether oxygens (including phenoxy) is 2. The van der Waals surface area contributed by atoms with Crippen molar-refractivity contribution < 1.29 is 9.47 Å². The Labute approximate surface area is 126 Å². The minimum Gasteiger partial charge on any atom is -0.497 e. The molecule has 2 aromatic carbocycles. The van der Waals surface area contributed by atoms with Crippen molar-refractivity contribution in [2.24, 2.45) is 5.73 Å². The van der Waals surface area contributed by atoms with Crippen molar-refractivity contribution in [2.45, 2.75) is 6.42 Å². The van der Waals surface area contributed by atoms with Gasteiger partial charge < -0.3 is 15.2 Å². The summed E-state index contributed by atoms with van der Waals surface area (Å²) in [4.78, 5) is 0. The van der Waals surface area contributed by atoms with E-state index in [0.717, 1.165) is 29.0 Å². The molecule has 0 spiro atoms. The van der Waals surface area contributed by atoms with Gasteiger partial charge in [-0.05, 0) is 36.7 Å². The summed E-state index contributed by atoms with van der Waals surface area (Å²) in [5.41, 5.74) is 7.68. The van der Waals surface area contributed by atoms with Crippen molar-refractivity contribution in [3.8, 4) is 22.6 Å². The highest BCUT2D eigenvalue weighted by atomic mass is 35.5. The first-order valence-corrected chi connectivity index (χ1v) is 6.41. The van der Waals surface area contributed by atoms with Gasteiger partial charge in [0.05, 0.1) is 13.7 Å². The highest BCUT2D eigenvalue weighted by Gasteiger charge is 2.05. The van der Waals surface area contributed by atoms with Crippen molar-refractivity contribution in [1.82, 2.24) is 0 Å². The molecule has 20 heavy (non-hydrogen) atoms. The quantitative estimate of drug-likeness (QED) is 0.829. The molecule has 0 radical (unpaired) electrons. The van der Waals surface area contributed by atoms with Crippen molar-refractivity contribution in [3.63, 3.8) is 0 Å². The molecule has 0 heterocycles. The van der Waals surface area contributed by atoms with Crippen LogP contribution < -0.4 is 15.2 Å². The third-order valence-corrected chi connectivity index (χ3v) is 2.89. The molecule has 0 aliphatic carbocycles. The molecule has 0 saturated carbocycles. The van der Waals surface area contributed by atoms with E-state index in [2.05, 4.69) is 6.07 Å². The molecule has 4 heteroatoms. The van der Waals surface area contributed by atoms with Crippen LogP contribution in [0.5, 0.6) is 11.5 Å². The molecule has 0 fully saturated rings. The second kappa shape index (κ2) is 8.46. The van der Waals surface area contributed by atoms with Gasteiger partial charge in [0.15, 0.2) is 0 Å². The number of methoxy groups -OCH3 is 1. The van der Waals surface area contributed by atoms with Crippen LogP contribution >= 0.6 is 12.4 Å². The second-order valence-corrected chi connectivity index (χ2v) is 4.22. The van der Waals surface area contributed by atoms with E-state index in [1.165, 1.54) is 0 Å². The van der Waals surface area contributed by atoms with Crippen LogP contribution in [0.2, 0.25) is 0 Å². The van der Waals surface area contributed by atoms with Gasteiger partial charge in [0.1, 0.15) is 11.5 Å². The van der Waals surface area contributed by atoms with E-state index in [-0.39, 0.29) is 12.4 Å². The van der Waals surface area contributed by atoms with Crippen molar-refractivity contribution in [1.29, 1.82) is 0 Å². The van der Waals surface area contributed by atoms with Gasteiger partial charge in [0.25, 0.3) is 0 Å². The molecule has 0 aliphatic rings. The lowest BCUT2D eigenvalue weighted by Crippen LogP contribution is -2.06. The maximum absolute atomic E-state index is 5.78. The fourth-order valence-electron chi connectivity index (χ4n) is 1.87. The number of para-hydroxylation sites is 1. The highest BCUT2D eigenvalue weighted by molar-refractivity contribution is 5.85. The van der Waals surface area contributed by atoms with E-state index >= 15 is 0 Å². The molecular formula is C16H20ClNO2. The smallest absolute Gasteiger partial charge is 0.127 e. The van der Waals surface area contributed by atoms with E-state index in [0.29, 0.717) is 13.2 Å². The zero-order chi connectivity index (χ0) is 13.5. The molecule has 0 atom stereocenters. The van der Waals surface area contributed by atoms with Crippen molar-refractivity contribution in [2.75, 3.05) is 20.3 Å². The summed E-state index contributed by atoms with van der Waals surface area (Å²) in [6, 6.07) is 16.0. The maximum atomic E-state index is 5.78. The molecule has 0 aliphatic heterocycles. The van der Waals surface area contributed by atoms with Crippen LogP contribution in [0.4, 0.5) is 0 Å². The third-order valence-electron chi connectivity index (χ3n) is 2.89. The summed E-state index contributed by atoms with van der Waals surface area (Å²) in [6.45, 7) is 1.29. The normalized spacial score (nSPS) is 9.70. The first kappa shape index (κ1) is 16.3. The Morgan fingerprint density at radius 1 is 1.00 bits per heavy atom. The van der Waals surface area contributed by atoms with Crippen LogP contribution in [0.15, 0.2) is 48.5 Å². The van der Waals surface area contributed by atoms with Crippen LogP contribution in [0.25, 0.3) is 11.1 Å². The second-order valence-electron chi connectivity index (χ2n) is 4.22. The summed E-state index contributed by atoms with van der Waals surface area (Å²) in [5, 5.41) is 0. The lowest BCUT2D eigenvalue weighted by atomic mass is 10.0. The Morgan fingerprint density at radius 3 is 2.35 bits per heavy atom. The van der Waals surface area contributed by atoms with Gasteiger partial charge in [0, 0.05) is 5.56 Å². The SMILES string of the molecule is COc1ccc(-c2ccccc2OCCCN)cc1.Cl. The van der Waals surface area contributed by atoms with Gasteiger partial charge in [0.2, 0.25) is 0 Å². The zero-order valence-corrected chi connectivity index (χ0v) is 12.4. The van der Waals surface area contributed by atoms with Crippen LogP contribution in [-0.4, -0.2) is 20.3 Å².